The van der Waals surface area contributed by atoms with Gasteiger partial charge in [-0.25, -0.2) is 9.37 Å². The molecule has 28 heavy (non-hydrogen) atoms. The van der Waals surface area contributed by atoms with E-state index in [2.05, 4.69) is 34.7 Å². The molecule has 0 spiro atoms. The summed E-state index contributed by atoms with van der Waals surface area (Å²) in [5, 5.41) is 7.39. The number of rotatable bonds is 5. The third kappa shape index (κ3) is 4.43. The third-order valence-corrected chi connectivity index (χ3v) is 5.15. The van der Waals surface area contributed by atoms with E-state index in [1.54, 1.807) is 6.07 Å². The van der Waals surface area contributed by atoms with Gasteiger partial charge in [-0.3, -0.25) is 9.59 Å². The van der Waals surface area contributed by atoms with Crippen LogP contribution in [0.4, 0.5) is 9.52 Å². The molecule has 1 heterocycles. The van der Waals surface area contributed by atoms with E-state index in [0.717, 1.165) is 16.8 Å². The summed E-state index contributed by atoms with van der Waals surface area (Å²) in [4.78, 5) is 28.5. The second-order valence-corrected chi connectivity index (χ2v) is 7.36. The van der Waals surface area contributed by atoms with Crippen LogP contribution >= 0.6 is 11.3 Å². The summed E-state index contributed by atoms with van der Waals surface area (Å²) in [6, 6.07) is 9.81. The number of hydrogen-bond acceptors (Lipinski definition) is 4. The van der Waals surface area contributed by atoms with Crippen molar-refractivity contribution in [2.45, 2.75) is 20.8 Å². The van der Waals surface area contributed by atoms with Gasteiger partial charge in [0.25, 0.3) is 5.91 Å². The molecular formula is C21H20FN3O2S. The molecule has 0 saturated carbocycles. The number of aromatic nitrogens is 1. The summed E-state index contributed by atoms with van der Waals surface area (Å²) in [7, 11) is 0. The summed E-state index contributed by atoms with van der Waals surface area (Å²) in [5.74, 6) is -1.70. The fourth-order valence-electron chi connectivity index (χ4n) is 2.76. The number of aryl methyl sites for hydroxylation is 3. The van der Waals surface area contributed by atoms with Gasteiger partial charge in [0.1, 0.15) is 5.82 Å². The number of nitrogens with one attached hydrogen (secondary N) is 2. The first-order valence-corrected chi connectivity index (χ1v) is 9.59. The number of hydrogen-bond donors (Lipinski definition) is 2. The van der Waals surface area contributed by atoms with Crippen molar-refractivity contribution in [2.24, 2.45) is 0 Å². The molecule has 7 heteroatoms. The normalized spacial score (nSPS) is 10.6. The van der Waals surface area contributed by atoms with Crippen molar-refractivity contribution in [2.75, 3.05) is 11.9 Å². The molecule has 3 rings (SSSR count). The van der Waals surface area contributed by atoms with Gasteiger partial charge < -0.3 is 10.6 Å². The van der Waals surface area contributed by atoms with E-state index in [0.29, 0.717) is 5.13 Å². The van der Waals surface area contributed by atoms with Crippen molar-refractivity contribution in [3.05, 3.63) is 69.8 Å². The lowest BCUT2D eigenvalue weighted by Gasteiger charge is -2.08. The van der Waals surface area contributed by atoms with Crippen LogP contribution in [0, 0.1) is 26.6 Å². The van der Waals surface area contributed by atoms with E-state index in [1.807, 2.05) is 19.2 Å². The van der Waals surface area contributed by atoms with Crippen LogP contribution < -0.4 is 10.6 Å². The Morgan fingerprint density at radius 2 is 1.79 bits per heavy atom. The molecule has 0 bridgehead atoms. The lowest BCUT2D eigenvalue weighted by Crippen LogP contribution is -2.33. The molecule has 3 aromatic rings. The van der Waals surface area contributed by atoms with Crippen LogP contribution in [0.2, 0.25) is 0 Å². The number of anilines is 1. The first-order chi connectivity index (χ1) is 13.3. The predicted octanol–water partition coefficient (Wildman–Crippen LogP) is 4.24. The molecule has 0 aliphatic heterocycles. The highest BCUT2D eigenvalue weighted by atomic mass is 32.1. The van der Waals surface area contributed by atoms with Crippen LogP contribution in [0.25, 0.3) is 11.3 Å². The molecule has 0 atom stereocenters. The molecule has 2 amide bonds. The van der Waals surface area contributed by atoms with Crippen LogP contribution in [0.15, 0.2) is 41.8 Å². The summed E-state index contributed by atoms with van der Waals surface area (Å²) in [6.45, 7) is 5.86. The highest BCUT2D eigenvalue weighted by Gasteiger charge is 2.14. The minimum atomic E-state index is -0.640. The Bertz CT molecular complexity index is 1050. The highest BCUT2D eigenvalue weighted by molar-refractivity contribution is 7.14. The third-order valence-electron chi connectivity index (χ3n) is 4.40. The average Bonchev–Trinajstić information content (AvgIpc) is 3.11. The average molecular weight is 397 g/mol. The van der Waals surface area contributed by atoms with E-state index in [9.17, 15) is 14.0 Å². The molecular weight excluding hydrogens is 377 g/mol. The summed E-state index contributed by atoms with van der Waals surface area (Å²) >= 11 is 1.31. The molecule has 5 nitrogen and oxygen atoms in total. The van der Waals surface area contributed by atoms with Crippen LogP contribution in [-0.4, -0.2) is 23.3 Å². The maximum atomic E-state index is 13.6. The maximum absolute atomic E-state index is 13.6. The Morgan fingerprint density at radius 1 is 1.07 bits per heavy atom. The van der Waals surface area contributed by atoms with E-state index in [1.165, 1.54) is 40.7 Å². The fourth-order valence-corrected chi connectivity index (χ4v) is 3.48. The number of benzene rings is 2. The number of carbonyl (C=O) groups is 2. The molecule has 0 saturated heterocycles. The number of carbonyl (C=O) groups excluding carboxylic acids is 2. The van der Waals surface area contributed by atoms with Gasteiger partial charge in [0.05, 0.1) is 17.8 Å². The smallest absolute Gasteiger partial charge is 0.254 e. The monoisotopic (exact) mass is 397 g/mol. The molecule has 2 aromatic carbocycles. The lowest BCUT2D eigenvalue weighted by molar-refractivity contribution is -0.115. The summed E-state index contributed by atoms with van der Waals surface area (Å²) in [6.07, 6.45) is 0. The zero-order valence-corrected chi connectivity index (χ0v) is 16.6. The van der Waals surface area contributed by atoms with Crippen LogP contribution in [0.1, 0.15) is 27.0 Å². The Hall–Kier alpha value is -3.06. The van der Waals surface area contributed by atoms with Crippen molar-refractivity contribution in [3.8, 4) is 11.3 Å². The standard InChI is InChI=1S/C21H20FN3O2S/c1-12-8-14(3)16(9-13(12)2)18-11-28-21(24-18)25-19(26)10-23-20(27)15-6-4-5-7-17(15)22/h4-9,11H,10H2,1-3H3,(H,23,27)(H,24,25,26). The van der Waals surface area contributed by atoms with Gasteiger partial charge in [-0.2, -0.15) is 0 Å². The quantitative estimate of drug-likeness (QED) is 0.676. The van der Waals surface area contributed by atoms with Crippen LogP contribution in [0.5, 0.6) is 0 Å². The first-order valence-electron chi connectivity index (χ1n) is 8.71. The van der Waals surface area contributed by atoms with Gasteiger partial charge in [0.2, 0.25) is 5.91 Å². The first kappa shape index (κ1) is 19.7. The van der Waals surface area contributed by atoms with Gasteiger partial charge in [-0.1, -0.05) is 18.2 Å². The van der Waals surface area contributed by atoms with E-state index in [4.69, 9.17) is 0 Å². The number of thiazole rings is 1. The molecule has 0 aliphatic rings. The van der Waals surface area contributed by atoms with Crippen LogP contribution in [-0.2, 0) is 4.79 Å². The molecule has 0 radical (unpaired) electrons. The minimum absolute atomic E-state index is 0.1000. The number of amides is 2. The van der Waals surface area contributed by atoms with E-state index < -0.39 is 17.6 Å². The summed E-state index contributed by atoms with van der Waals surface area (Å²) in [5.41, 5.74) is 5.22. The van der Waals surface area contributed by atoms with Crippen molar-refractivity contribution in [1.82, 2.24) is 10.3 Å². The Labute approximate surface area is 166 Å². The predicted molar refractivity (Wildman–Crippen MR) is 109 cm³/mol. The lowest BCUT2D eigenvalue weighted by atomic mass is 9.99. The zero-order chi connectivity index (χ0) is 20.3. The Morgan fingerprint density at radius 3 is 2.54 bits per heavy atom. The largest absolute Gasteiger partial charge is 0.343 e. The van der Waals surface area contributed by atoms with Crippen LogP contribution in [0.3, 0.4) is 0 Å². The fraction of sp³-hybridized carbons (Fsp3) is 0.190. The van der Waals surface area contributed by atoms with Crippen molar-refractivity contribution < 1.29 is 14.0 Å². The molecule has 0 fully saturated rings. The number of halogens is 1. The van der Waals surface area contributed by atoms with Crippen molar-refractivity contribution in [3.63, 3.8) is 0 Å². The van der Waals surface area contributed by atoms with Gasteiger partial charge >= 0.3 is 0 Å². The highest BCUT2D eigenvalue weighted by Crippen LogP contribution is 2.29. The number of nitrogens with zero attached hydrogens (tertiary/aromatic N) is 1. The second kappa shape index (κ2) is 8.31. The zero-order valence-electron chi connectivity index (χ0n) is 15.8. The van der Waals surface area contributed by atoms with Crippen molar-refractivity contribution >= 4 is 28.3 Å². The topological polar surface area (TPSA) is 71.1 Å². The molecule has 1 aromatic heterocycles. The minimum Gasteiger partial charge on any atom is -0.343 e. The van der Waals surface area contributed by atoms with Gasteiger partial charge in [-0.05, 0) is 55.7 Å². The second-order valence-electron chi connectivity index (χ2n) is 6.50. The SMILES string of the molecule is Cc1cc(C)c(-c2csc(NC(=O)CNC(=O)c3ccccc3F)n2)cc1C. The van der Waals surface area contributed by atoms with Gasteiger partial charge in [0.15, 0.2) is 5.13 Å². The molecule has 0 aliphatic carbocycles. The molecule has 144 valence electrons. The summed E-state index contributed by atoms with van der Waals surface area (Å²) < 4.78 is 13.6. The molecule has 0 unspecified atom stereocenters. The Balaban J connectivity index is 1.62. The molecule has 2 N–H and O–H groups in total. The van der Waals surface area contributed by atoms with Crippen molar-refractivity contribution in [1.29, 1.82) is 0 Å². The van der Waals surface area contributed by atoms with Gasteiger partial charge in [-0.15, -0.1) is 11.3 Å². The van der Waals surface area contributed by atoms with E-state index >= 15 is 0 Å². The Kier molecular flexibility index (Phi) is 5.84. The maximum Gasteiger partial charge on any atom is 0.254 e. The van der Waals surface area contributed by atoms with Gasteiger partial charge in [0, 0.05) is 10.9 Å². The van der Waals surface area contributed by atoms with E-state index in [-0.39, 0.29) is 12.1 Å².